The predicted octanol–water partition coefficient (Wildman–Crippen LogP) is 3.18. The Labute approximate surface area is 137 Å². The summed E-state index contributed by atoms with van der Waals surface area (Å²) in [5, 5.41) is 1.87. The van der Waals surface area contributed by atoms with E-state index in [-0.39, 0.29) is 12.5 Å². The topological polar surface area (TPSA) is 53.6 Å². The fourth-order valence-corrected chi connectivity index (χ4v) is 2.00. The Bertz CT molecular complexity index is 570. The van der Waals surface area contributed by atoms with Crippen LogP contribution in [0, 0.1) is 0 Å². The van der Waals surface area contributed by atoms with Crippen molar-refractivity contribution < 1.29 is 9.53 Å². The van der Waals surface area contributed by atoms with Crippen molar-refractivity contribution in [3.05, 3.63) is 60.7 Å². The minimum Gasteiger partial charge on any atom is -0.459 e. The van der Waals surface area contributed by atoms with Gasteiger partial charge in [0, 0.05) is 0 Å². The van der Waals surface area contributed by atoms with E-state index in [1.807, 2.05) is 86.4 Å². The standard InChI is InChI=1S/C18H23N3O2/c1-18(2,3)23-17(22)14-19-20-21(15-10-6-4-7-11-15)16-12-8-5-9-13-16/h4-13,19-20H,14H2,1-3H3. The van der Waals surface area contributed by atoms with E-state index >= 15 is 0 Å². The predicted molar refractivity (Wildman–Crippen MR) is 92.0 cm³/mol. The third kappa shape index (κ3) is 5.73. The molecule has 0 aliphatic heterocycles. The summed E-state index contributed by atoms with van der Waals surface area (Å²) >= 11 is 0. The molecular formula is C18H23N3O2. The van der Waals surface area contributed by atoms with Crippen molar-refractivity contribution in [2.75, 3.05) is 11.6 Å². The largest absolute Gasteiger partial charge is 0.459 e. The number of hydrogen-bond donors (Lipinski definition) is 2. The van der Waals surface area contributed by atoms with E-state index in [1.165, 1.54) is 0 Å². The van der Waals surface area contributed by atoms with Gasteiger partial charge in [0.25, 0.3) is 0 Å². The van der Waals surface area contributed by atoms with Gasteiger partial charge in [-0.1, -0.05) is 36.4 Å². The summed E-state index contributed by atoms with van der Waals surface area (Å²) in [6, 6.07) is 19.7. The van der Waals surface area contributed by atoms with Gasteiger partial charge in [-0.2, -0.15) is 5.53 Å². The molecule has 5 nitrogen and oxygen atoms in total. The number of carbonyl (C=O) groups excluding carboxylic acids is 1. The van der Waals surface area contributed by atoms with Crippen molar-refractivity contribution in [3.8, 4) is 0 Å². The molecule has 2 N–H and O–H groups in total. The monoisotopic (exact) mass is 313 g/mol. The SMILES string of the molecule is CC(C)(C)OC(=O)CNNN(c1ccccc1)c1ccccc1. The lowest BCUT2D eigenvalue weighted by Gasteiger charge is -2.26. The van der Waals surface area contributed by atoms with Crippen LogP contribution in [0.4, 0.5) is 11.4 Å². The highest BCUT2D eigenvalue weighted by Gasteiger charge is 2.16. The molecule has 0 saturated carbocycles. The second kappa shape index (κ2) is 7.76. The Morgan fingerprint density at radius 2 is 1.43 bits per heavy atom. The zero-order chi connectivity index (χ0) is 16.7. The Morgan fingerprint density at radius 3 is 1.87 bits per heavy atom. The number of para-hydroxylation sites is 2. The first kappa shape index (κ1) is 17.0. The molecule has 2 aromatic carbocycles. The number of rotatable bonds is 6. The van der Waals surface area contributed by atoms with E-state index in [1.54, 1.807) is 0 Å². The van der Waals surface area contributed by atoms with Gasteiger partial charge in [0.15, 0.2) is 0 Å². The van der Waals surface area contributed by atoms with E-state index in [4.69, 9.17) is 4.74 Å². The molecule has 5 heteroatoms. The summed E-state index contributed by atoms with van der Waals surface area (Å²) in [5.74, 6) is -0.314. The highest BCUT2D eigenvalue weighted by Crippen LogP contribution is 2.21. The second-order valence-electron chi connectivity index (χ2n) is 6.06. The van der Waals surface area contributed by atoms with Crippen LogP contribution < -0.4 is 16.0 Å². The zero-order valence-corrected chi connectivity index (χ0v) is 13.7. The van der Waals surface area contributed by atoms with Crippen molar-refractivity contribution >= 4 is 17.3 Å². The van der Waals surface area contributed by atoms with Crippen LogP contribution in [0.5, 0.6) is 0 Å². The molecule has 0 fully saturated rings. The number of ether oxygens (including phenoxy) is 1. The molecule has 0 amide bonds. The quantitative estimate of drug-likeness (QED) is 0.634. The maximum atomic E-state index is 11.8. The summed E-state index contributed by atoms with van der Waals surface area (Å²) < 4.78 is 5.27. The summed E-state index contributed by atoms with van der Waals surface area (Å²) in [6.45, 7) is 5.60. The summed E-state index contributed by atoms with van der Waals surface area (Å²) in [4.78, 5) is 11.8. The number of benzene rings is 2. The minimum absolute atomic E-state index is 0.0629. The molecule has 23 heavy (non-hydrogen) atoms. The Kier molecular flexibility index (Phi) is 5.73. The molecule has 0 atom stereocenters. The molecule has 0 spiro atoms. The second-order valence-corrected chi connectivity index (χ2v) is 6.06. The molecule has 122 valence electrons. The van der Waals surface area contributed by atoms with Gasteiger partial charge in [-0.3, -0.25) is 9.80 Å². The average Bonchev–Trinajstić information content (AvgIpc) is 2.51. The summed E-state index contributed by atoms with van der Waals surface area (Å²) in [6.07, 6.45) is 0. The highest BCUT2D eigenvalue weighted by atomic mass is 16.6. The first-order valence-electron chi connectivity index (χ1n) is 7.56. The van der Waals surface area contributed by atoms with Crippen molar-refractivity contribution in [2.45, 2.75) is 26.4 Å². The lowest BCUT2D eigenvalue weighted by atomic mass is 10.2. The van der Waals surface area contributed by atoms with Gasteiger partial charge in [-0.05, 0) is 45.0 Å². The average molecular weight is 313 g/mol. The van der Waals surface area contributed by atoms with Crippen molar-refractivity contribution in [1.82, 2.24) is 11.0 Å². The van der Waals surface area contributed by atoms with E-state index in [0.29, 0.717) is 0 Å². The van der Waals surface area contributed by atoms with Gasteiger partial charge in [-0.25, -0.2) is 5.43 Å². The molecule has 0 aliphatic rings. The molecule has 2 aromatic rings. The van der Waals surface area contributed by atoms with Crippen LogP contribution in [0.2, 0.25) is 0 Å². The Hall–Kier alpha value is -2.37. The number of anilines is 2. The molecular weight excluding hydrogens is 290 g/mol. The van der Waals surface area contributed by atoms with E-state index in [0.717, 1.165) is 11.4 Å². The Morgan fingerprint density at radius 1 is 0.957 bits per heavy atom. The van der Waals surface area contributed by atoms with Crippen LogP contribution in [0.15, 0.2) is 60.7 Å². The maximum absolute atomic E-state index is 11.8. The van der Waals surface area contributed by atoms with Crippen LogP contribution >= 0.6 is 0 Å². The van der Waals surface area contributed by atoms with Crippen LogP contribution in [0.1, 0.15) is 20.8 Å². The third-order valence-corrected chi connectivity index (χ3v) is 2.87. The van der Waals surface area contributed by atoms with Gasteiger partial charge >= 0.3 is 5.97 Å². The molecule has 0 unspecified atom stereocenters. The lowest BCUT2D eigenvalue weighted by Crippen LogP contribution is -2.47. The van der Waals surface area contributed by atoms with E-state index < -0.39 is 5.60 Å². The van der Waals surface area contributed by atoms with Crippen LogP contribution in [-0.4, -0.2) is 18.1 Å². The third-order valence-electron chi connectivity index (χ3n) is 2.87. The minimum atomic E-state index is -0.489. The smallest absolute Gasteiger partial charge is 0.321 e. The first-order valence-corrected chi connectivity index (χ1v) is 7.56. The zero-order valence-electron chi connectivity index (χ0n) is 13.7. The number of nitrogens with one attached hydrogen (secondary N) is 2. The first-order chi connectivity index (χ1) is 11.0. The van der Waals surface area contributed by atoms with Gasteiger partial charge < -0.3 is 4.74 Å². The fourth-order valence-electron chi connectivity index (χ4n) is 2.00. The molecule has 2 rings (SSSR count). The van der Waals surface area contributed by atoms with E-state index in [9.17, 15) is 4.79 Å². The fraction of sp³-hybridized carbons (Fsp3) is 0.278. The normalized spacial score (nSPS) is 11.1. The van der Waals surface area contributed by atoms with Gasteiger partial charge in [-0.15, -0.1) is 0 Å². The number of carbonyl (C=O) groups is 1. The van der Waals surface area contributed by atoms with Crippen LogP contribution in [0.25, 0.3) is 0 Å². The maximum Gasteiger partial charge on any atom is 0.321 e. The van der Waals surface area contributed by atoms with Crippen LogP contribution in [-0.2, 0) is 9.53 Å². The number of hydrogen-bond acceptors (Lipinski definition) is 5. The number of nitrogens with zero attached hydrogens (tertiary/aromatic N) is 1. The van der Waals surface area contributed by atoms with Crippen molar-refractivity contribution in [1.29, 1.82) is 0 Å². The Balaban J connectivity index is 2.01. The van der Waals surface area contributed by atoms with Crippen molar-refractivity contribution in [2.24, 2.45) is 0 Å². The van der Waals surface area contributed by atoms with Gasteiger partial charge in [0.2, 0.25) is 0 Å². The molecule has 0 aromatic heterocycles. The van der Waals surface area contributed by atoms with Gasteiger partial charge in [0.05, 0.1) is 11.4 Å². The number of hydrazine groups is 2. The van der Waals surface area contributed by atoms with E-state index in [2.05, 4.69) is 11.0 Å². The highest BCUT2D eigenvalue weighted by molar-refractivity contribution is 5.72. The summed E-state index contributed by atoms with van der Waals surface area (Å²) in [5.41, 5.74) is 7.38. The molecule has 0 radical (unpaired) electrons. The molecule has 0 aliphatic carbocycles. The number of esters is 1. The van der Waals surface area contributed by atoms with Gasteiger partial charge in [0.1, 0.15) is 12.1 Å². The molecule has 0 bridgehead atoms. The van der Waals surface area contributed by atoms with Crippen molar-refractivity contribution in [3.63, 3.8) is 0 Å². The summed E-state index contributed by atoms with van der Waals surface area (Å²) in [7, 11) is 0. The van der Waals surface area contributed by atoms with Crippen LogP contribution in [0.3, 0.4) is 0 Å². The molecule has 0 saturated heterocycles. The lowest BCUT2D eigenvalue weighted by molar-refractivity contribution is -0.153. The molecule has 0 heterocycles.